The topological polar surface area (TPSA) is 61.4 Å². The van der Waals surface area contributed by atoms with Crippen LogP contribution in [0.4, 0.5) is 11.4 Å². The van der Waals surface area contributed by atoms with E-state index in [1.54, 1.807) is 24.3 Å². The van der Waals surface area contributed by atoms with Crippen LogP contribution < -0.4 is 10.6 Å². The zero-order chi connectivity index (χ0) is 18.8. The second-order valence-electron chi connectivity index (χ2n) is 5.95. The number of nitrogens with zero attached hydrogens (tertiary/aromatic N) is 1. The summed E-state index contributed by atoms with van der Waals surface area (Å²) in [4.78, 5) is 25.3. The molecule has 136 valence electrons. The monoisotopic (exact) mass is 351 g/mol. The first-order chi connectivity index (χ1) is 12.6. The van der Waals surface area contributed by atoms with Gasteiger partial charge in [0.25, 0.3) is 0 Å². The predicted octanol–water partition coefficient (Wildman–Crippen LogP) is 3.62. The Kier molecular flexibility index (Phi) is 7.58. The van der Waals surface area contributed by atoms with Crippen LogP contribution in [-0.2, 0) is 9.59 Å². The van der Waals surface area contributed by atoms with Gasteiger partial charge in [-0.1, -0.05) is 49.4 Å². The largest absolute Gasteiger partial charge is 0.326 e. The quantitative estimate of drug-likeness (QED) is 0.764. The van der Waals surface area contributed by atoms with E-state index in [4.69, 9.17) is 0 Å². The van der Waals surface area contributed by atoms with Crippen molar-refractivity contribution in [2.75, 3.05) is 30.3 Å². The van der Waals surface area contributed by atoms with Gasteiger partial charge < -0.3 is 10.6 Å². The molecule has 2 rings (SSSR count). The molecule has 0 bridgehead atoms. The van der Waals surface area contributed by atoms with Crippen LogP contribution in [0.3, 0.4) is 0 Å². The van der Waals surface area contributed by atoms with Gasteiger partial charge in [-0.2, -0.15) is 0 Å². The van der Waals surface area contributed by atoms with Crippen molar-refractivity contribution in [3.63, 3.8) is 0 Å². The van der Waals surface area contributed by atoms with E-state index in [-0.39, 0.29) is 11.8 Å². The lowest BCUT2D eigenvalue weighted by atomic mass is 10.2. The summed E-state index contributed by atoms with van der Waals surface area (Å²) in [6.45, 7) is 5.31. The summed E-state index contributed by atoms with van der Waals surface area (Å²) >= 11 is 0. The Hall–Kier alpha value is -2.92. The van der Waals surface area contributed by atoms with Crippen molar-refractivity contribution in [2.45, 2.75) is 13.8 Å². The molecule has 26 heavy (non-hydrogen) atoms. The van der Waals surface area contributed by atoms with Crippen molar-refractivity contribution >= 4 is 29.3 Å². The number of carbonyl (C=O) groups is 2. The van der Waals surface area contributed by atoms with Gasteiger partial charge in [-0.15, -0.1) is 0 Å². The van der Waals surface area contributed by atoms with Gasteiger partial charge in [-0.3, -0.25) is 14.5 Å². The van der Waals surface area contributed by atoms with Crippen LogP contribution in [0.2, 0.25) is 0 Å². The van der Waals surface area contributed by atoms with Crippen molar-refractivity contribution in [1.82, 2.24) is 4.90 Å². The van der Waals surface area contributed by atoms with Gasteiger partial charge in [0.05, 0.1) is 6.54 Å². The standard InChI is InChI=1S/C21H25N3O2/c1-3-24(15-7-10-18-8-5-4-6-9-18)16-21(26)23-20-13-11-19(12-14-20)22-17(2)25/h4-14H,3,15-16H2,1-2H3,(H,22,25)(H,23,26). The summed E-state index contributed by atoms with van der Waals surface area (Å²) in [7, 11) is 0. The molecule has 2 aromatic carbocycles. The van der Waals surface area contributed by atoms with E-state index in [0.717, 1.165) is 12.1 Å². The molecule has 0 saturated heterocycles. The molecule has 0 saturated carbocycles. The predicted molar refractivity (Wildman–Crippen MR) is 107 cm³/mol. The van der Waals surface area contributed by atoms with Crippen LogP contribution in [0.5, 0.6) is 0 Å². The molecule has 0 spiro atoms. The lowest BCUT2D eigenvalue weighted by Crippen LogP contribution is -2.33. The zero-order valence-electron chi connectivity index (χ0n) is 15.2. The normalized spacial score (nSPS) is 10.9. The van der Waals surface area contributed by atoms with Crippen molar-refractivity contribution in [3.8, 4) is 0 Å². The van der Waals surface area contributed by atoms with E-state index in [0.29, 0.717) is 24.5 Å². The SMILES string of the molecule is CCN(CC=Cc1ccccc1)CC(=O)Nc1ccc(NC(C)=O)cc1. The maximum Gasteiger partial charge on any atom is 0.238 e. The molecule has 0 aliphatic rings. The molecule has 0 aromatic heterocycles. The third-order valence-electron chi connectivity index (χ3n) is 3.78. The summed E-state index contributed by atoms with van der Waals surface area (Å²) in [5.41, 5.74) is 2.56. The molecule has 0 unspecified atom stereocenters. The minimum atomic E-state index is -0.121. The third kappa shape index (κ3) is 6.91. The van der Waals surface area contributed by atoms with Gasteiger partial charge in [-0.05, 0) is 36.4 Å². The van der Waals surface area contributed by atoms with Gasteiger partial charge in [0, 0.05) is 24.8 Å². The highest BCUT2D eigenvalue weighted by atomic mass is 16.2. The lowest BCUT2D eigenvalue weighted by molar-refractivity contribution is -0.117. The number of amides is 2. The molecule has 0 radical (unpaired) electrons. The summed E-state index contributed by atoms with van der Waals surface area (Å²) in [6.07, 6.45) is 4.12. The van der Waals surface area contributed by atoms with Gasteiger partial charge in [0.1, 0.15) is 0 Å². The average Bonchev–Trinajstić information content (AvgIpc) is 2.63. The molecule has 0 atom stereocenters. The van der Waals surface area contributed by atoms with E-state index in [2.05, 4.69) is 27.7 Å². The van der Waals surface area contributed by atoms with Gasteiger partial charge in [0.2, 0.25) is 11.8 Å². The number of rotatable bonds is 8. The van der Waals surface area contributed by atoms with E-state index < -0.39 is 0 Å². The van der Waals surface area contributed by atoms with Crippen molar-refractivity contribution in [2.24, 2.45) is 0 Å². The second-order valence-corrected chi connectivity index (χ2v) is 5.95. The Balaban J connectivity index is 1.82. The van der Waals surface area contributed by atoms with Crippen molar-refractivity contribution in [1.29, 1.82) is 0 Å². The Morgan fingerprint density at radius 1 is 0.962 bits per heavy atom. The van der Waals surface area contributed by atoms with Gasteiger partial charge in [0.15, 0.2) is 0 Å². The van der Waals surface area contributed by atoms with Crippen LogP contribution in [0.25, 0.3) is 6.08 Å². The Labute approximate surface area is 154 Å². The highest BCUT2D eigenvalue weighted by molar-refractivity contribution is 5.93. The molecule has 2 N–H and O–H groups in total. The fourth-order valence-corrected chi connectivity index (χ4v) is 2.45. The van der Waals surface area contributed by atoms with Crippen molar-refractivity contribution < 1.29 is 9.59 Å². The number of hydrogen-bond donors (Lipinski definition) is 2. The van der Waals surface area contributed by atoms with Crippen LogP contribution in [0.1, 0.15) is 19.4 Å². The number of hydrogen-bond acceptors (Lipinski definition) is 3. The Morgan fingerprint density at radius 2 is 1.58 bits per heavy atom. The Bertz CT molecular complexity index is 740. The maximum atomic E-state index is 12.2. The molecule has 0 aliphatic heterocycles. The minimum Gasteiger partial charge on any atom is -0.326 e. The number of benzene rings is 2. The molecule has 0 fully saturated rings. The average molecular weight is 351 g/mol. The number of nitrogens with one attached hydrogen (secondary N) is 2. The smallest absolute Gasteiger partial charge is 0.238 e. The van der Waals surface area contributed by atoms with E-state index >= 15 is 0 Å². The molecule has 2 amide bonds. The first-order valence-electron chi connectivity index (χ1n) is 8.68. The van der Waals surface area contributed by atoms with Gasteiger partial charge in [-0.25, -0.2) is 0 Å². The van der Waals surface area contributed by atoms with Crippen LogP contribution in [0.15, 0.2) is 60.7 Å². The van der Waals surface area contributed by atoms with Crippen molar-refractivity contribution in [3.05, 3.63) is 66.2 Å². The molecule has 0 aliphatic carbocycles. The second kappa shape index (κ2) is 10.2. The molecule has 5 heteroatoms. The number of anilines is 2. The summed E-state index contributed by atoms with van der Waals surface area (Å²) in [5, 5.41) is 5.57. The first-order valence-corrected chi connectivity index (χ1v) is 8.68. The lowest BCUT2D eigenvalue weighted by Gasteiger charge is -2.18. The highest BCUT2D eigenvalue weighted by Gasteiger charge is 2.08. The van der Waals surface area contributed by atoms with Gasteiger partial charge >= 0.3 is 0 Å². The maximum absolute atomic E-state index is 12.2. The third-order valence-corrected chi connectivity index (χ3v) is 3.78. The summed E-state index contributed by atoms with van der Waals surface area (Å²) in [5.74, 6) is -0.184. The minimum absolute atomic E-state index is 0.0627. The molecular formula is C21H25N3O2. The zero-order valence-corrected chi connectivity index (χ0v) is 15.2. The first kappa shape index (κ1) is 19.4. The molecular weight excluding hydrogens is 326 g/mol. The van der Waals surface area contributed by atoms with Crippen LogP contribution in [-0.4, -0.2) is 36.3 Å². The molecule has 2 aromatic rings. The fraction of sp³-hybridized carbons (Fsp3) is 0.238. The number of carbonyl (C=O) groups excluding carboxylic acids is 2. The summed E-state index contributed by atoms with van der Waals surface area (Å²) < 4.78 is 0. The molecule has 5 nitrogen and oxygen atoms in total. The molecule has 0 heterocycles. The van der Waals surface area contributed by atoms with Crippen LogP contribution in [0, 0.1) is 0 Å². The highest BCUT2D eigenvalue weighted by Crippen LogP contribution is 2.13. The van der Waals surface area contributed by atoms with E-state index in [1.807, 2.05) is 37.3 Å². The summed E-state index contributed by atoms with van der Waals surface area (Å²) in [6, 6.07) is 17.2. The number of likely N-dealkylation sites (N-methyl/N-ethyl adjacent to an activating group) is 1. The fourth-order valence-electron chi connectivity index (χ4n) is 2.45. The Morgan fingerprint density at radius 3 is 2.15 bits per heavy atom. The van der Waals surface area contributed by atoms with E-state index in [9.17, 15) is 9.59 Å². The van der Waals surface area contributed by atoms with E-state index in [1.165, 1.54) is 6.92 Å². The van der Waals surface area contributed by atoms with Crippen LogP contribution >= 0.6 is 0 Å².